The largest absolute Gasteiger partial charge is 0.480 e. The summed E-state index contributed by atoms with van der Waals surface area (Å²) in [5.41, 5.74) is 3.38. The second kappa shape index (κ2) is 8.13. The van der Waals surface area contributed by atoms with Crippen LogP contribution in [0.5, 0.6) is 0 Å². The molecule has 5 nitrogen and oxygen atoms in total. The second-order valence-corrected chi connectivity index (χ2v) is 8.63. The highest BCUT2D eigenvalue weighted by atomic mass is 16.6. The van der Waals surface area contributed by atoms with Crippen molar-refractivity contribution in [3.8, 4) is 11.1 Å². The summed E-state index contributed by atoms with van der Waals surface area (Å²) in [5.74, 6) is -0.644. The molecule has 0 heterocycles. The number of aliphatic carboxylic acids is 1. The number of carbonyl (C=O) groups is 2. The molecule has 1 amide bonds. The van der Waals surface area contributed by atoms with Crippen LogP contribution in [0, 0.1) is 5.92 Å². The van der Waals surface area contributed by atoms with Crippen molar-refractivity contribution in [1.29, 1.82) is 0 Å². The van der Waals surface area contributed by atoms with Crippen molar-refractivity contribution in [2.24, 2.45) is 5.92 Å². The van der Waals surface area contributed by atoms with E-state index in [9.17, 15) is 14.7 Å². The Kier molecular flexibility index (Phi) is 5.54. The predicted molar refractivity (Wildman–Crippen MR) is 115 cm³/mol. The van der Waals surface area contributed by atoms with E-state index in [4.69, 9.17) is 4.74 Å². The van der Waals surface area contributed by atoms with Crippen LogP contribution in [0.25, 0.3) is 11.1 Å². The quantitative estimate of drug-likeness (QED) is 0.677. The molecule has 5 heteroatoms. The highest BCUT2D eigenvalue weighted by molar-refractivity contribution is 5.84. The van der Waals surface area contributed by atoms with Gasteiger partial charge in [-0.1, -0.05) is 67.8 Å². The molecule has 2 aromatic carbocycles. The van der Waals surface area contributed by atoms with Gasteiger partial charge >= 0.3 is 12.1 Å². The molecule has 1 N–H and O–H groups in total. The smallest absolute Gasteiger partial charge is 0.410 e. The maximum absolute atomic E-state index is 13.0. The average molecular weight is 408 g/mol. The summed E-state index contributed by atoms with van der Waals surface area (Å²) in [6.07, 6.45) is 3.12. The minimum atomic E-state index is -1.25. The molecule has 0 aromatic heterocycles. The summed E-state index contributed by atoms with van der Waals surface area (Å²) in [7, 11) is 0. The van der Waals surface area contributed by atoms with E-state index in [1.54, 1.807) is 6.92 Å². The Morgan fingerprint density at radius 3 is 2.10 bits per heavy atom. The summed E-state index contributed by atoms with van der Waals surface area (Å²) in [6, 6.07) is 16.4. The van der Waals surface area contributed by atoms with E-state index in [1.165, 1.54) is 16.0 Å². The van der Waals surface area contributed by atoms with Gasteiger partial charge in [-0.05, 0) is 48.4 Å². The summed E-state index contributed by atoms with van der Waals surface area (Å²) in [6.45, 7) is 3.96. The molecule has 2 aromatic rings. The molecule has 2 aliphatic carbocycles. The Balaban J connectivity index is 1.52. The highest BCUT2D eigenvalue weighted by Gasteiger charge is 2.45. The van der Waals surface area contributed by atoms with Crippen LogP contribution in [0.1, 0.15) is 56.6 Å². The van der Waals surface area contributed by atoms with Gasteiger partial charge in [-0.25, -0.2) is 9.59 Å². The Labute approximate surface area is 177 Å². The number of carboxylic acids is 1. The van der Waals surface area contributed by atoms with Gasteiger partial charge in [0.15, 0.2) is 0 Å². The minimum absolute atomic E-state index is 0.0391. The third-order valence-electron chi connectivity index (χ3n) is 6.84. The van der Waals surface area contributed by atoms with Crippen molar-refractivity contribution in [3.05, 3.63) is 59.7 Å². The van der Waals surface area contributed by atoms with E-state index in [0.29, 0.717) is 18.9 Å². The summed E-state index contributed by atoms with van der Waals surface area (Å²) < 4.78 is 5.75. The molecule has 1 atom stereocenters. The van der Waals surface area contributed by atoms with Crippen molar-refractivity contribution in [3.63, 3.8) is 0 Å². The summed E-state index contributed by atoms with van der Waals surface area (Å²) >= 11 is 0. The molecule has 0 saturated heterocycles. The molecule has 4 rings (SSSR count). The monoisotopic (exact) mass is 407 g/mol. The second-order valence-electron chi connectivity index (χ2n) is 8.63. The number of carbonyl (C=O) groups excluding carboxylic acids is 1. The average Bonchev–Trinajstić information content (AvgIpc) is 3.03. The van der Waals surface area contributed by atoms with Crippen molar-refractivity contribution in [2.75, 3.05) is 13.2 Å². The number of amides is 1. The van der Waals surface area contributed by atoms with Gasteiger partial charge in [-0.3, -0.25) is 4.90 Å². The van der Waals surface area contributed by atoms with Crippen molar-refractivity contribution < 1.29 is 19.4 Å². The highest BCUT2D eigenvalue weighted by Crippen LogP contribution is 2.44. The maximum Gasteiger partial charge on any atom is 0.410 e. The van der Waals surface area contributed by atoms with Gasteiger partial charge in [-0.15, -0.1) is 0 Å². The third kappa shape index (κ3) is 3.47. The van der Waals surface area contributed by atoms with Gasteiger partial charge < -0.3 is 9.84 Å². The number of benzene rings is 2. The fraction of sp³-hybridized carbons (Fsp3) is 0.440. The molecule has 1 saturated carbocycles. The molecule has 2 aliphatic rings. The van der Waals surface area contributed by atoms with Crippen LogP contribution in [-0.4, -0.2) is 40.8 Å². The van der Waals surface area contributed by atoms with Crippen LogP contribution in [0.2, 0.25) is 0 Å². The van der Waals surface area contributed by atoms with Gasteiger partial charge in [0.05, 0.1) is 0 Å². The van der Waals surface area contributed by atoms with Crippen LogP contribution in [0.15, 0.2) is 48.5 Å². The lowest BCUT2D eigenvalue weighted by Gasteiger charge is -2.41. The van der Waals surface area contributed by atoms with E-state index in [-0.39, 0.29) is 12.5 Å². The van der Waals surface area contributed by atoms with Gasteiger partial charge in [0.2, 0.25) is 0 Å². The zero-order valence-electron chi connectivity index (χ0n) is 17.6. The van der Waals surface area contributed by atoms with Crippen LogP contribution in [0.3, 0.4) is 0 Å². The SMILES string of the molecule is CCN(C(=O)OCC1c2ccccc2-c2ccccc21)C(C)(CC1CCC1)C(=O)O. The number of carboxylic acid groups (broad SMARTS) is 1. The van der Waals surface area contributed by atoms with Crippen LogP contribution in [-0.2, 0) is 9.53 Å². The normalized spacial score (nSPS) is 17.4. The Bertz CT molecular complexity index is 906. The van der Waals surface area contributed by atoms with Crippen molar-refractivity contribution in [1.82, 2.24) is 4.90 Å². The molecule has 0 aliphatic heterocycles. The predicted octanol–water partition coefficient (Wildman–Crippen LogP) is 5.29. The number of ether oxygens (including phenoxy) is 1. The number of hydrogen-bond acceptors (Lipinski definition) is 3. The molecule has 1 fully saturated rings. The summed E-state index contributed by atoms with van der Waals surface area (Å²) in [5, 5.41) is 9.94. The van der Waals surface area contributed by atoms with E-state index < -0.39 is 17.6 Å². The fourth-order valence-corrected chi connectivity index (χ4v) is 4.92. The Hall–Kier alpha value is -2.82. The summed E-state index contributed by atoms with van der Waals surface area (Å²) in [4.78, 5) is 26.6. The molecule has 158 valence electrons. The number of nitrogens with zero attached hydrogens (tertiary/aromatic N) is 1. The number of likely N-dealkylation sites (N-methyl/N-ethyl adjacent to an activating group) is 1. The van der Waals surface area contributed by atoms with Crippen molar-refractivity contribution in [2.45, 2.75) is 51.0 Å². The molecule has 0 spiro atoms. The van der Waals surface area contributed by atoms with E-state index in [2.05, 4.69) is 24.3 Å². The lowest BCUT2D eigenvalue weighted by atomic mass is 9.76. The van der Waals surface area contributed by atoms with Crippen molar-refractivity contribution >= 4 is 12.1 Å². The van der Waals surface area contributed by atoms with E-state index in [0.717, 1.165) is 30.4 Å². The fourth-order valence-electron chi connectivity index (χ4n) is 4.92. The lowest BCUT2D eigenvalue weighted by Crippen LogP contribution is -2.56. The topological polar surface area (TPSA) is 66.8 Å². The third-order valence-corrected chi connectivity index (χ3v) is 6.84. The standard InChI is InChI=1S/C25H29NO4/c1-3-26(25(2,23(27)28)15-17-9-8-10-17)24(29)30-16-22-20-13-6-4-11-18(20)19-12-5-7-14-21(19)22/h4-7,11-14,17,22H,3,8-10,15-16H2,1-2H3,(H,27,28). The Morgan fingerprint density at radius 1 is 1.07 bits per heavy atom. The molecule has 0 radical (unpaired) electrons. The number of hydrogen-bond donors (Lipinski definition) is 1. The van der Waals surface area contributed by atoms with E-state index in [1.807, 2.05) is 31.2 Å². The number of rotatable bonds is 7. The van der Waals surface area contributed by atoms with Crippen LogP contribution < -0.4 is 0 Å². The number of fused-ring (bicyclic) bond motifs is 3. The Morgan fingerprint density at radius 2 is 1.63 bits per heavy atom. The first kappa shape index (κ1) is 20.5. The zero-order valence-corrected chi connectivity index (χ0v) is 17.6. The van der Waals surface area contributed by atoms with Gasteiger partial charge in [0.25, 0.3) is 0 Å². The van der Waals surface area contributed by atoms with Gasteiger partial charge in [0.1, 0.15) is 12.1 Å². The van der Waals surface area contributed by atoms with E-state index >= 15 is 0 Å². The molecular formula is C25H29NO4. The molecular weight excluding hydrogens is 378 g/mol. The minimum Gasteiger partial charge on any atom is -0.480 e. The molecule has 1 unspecified atom stereocenters. The lowest BCUT2D eigenvalue weighted by molar-refractivity contribution is -0.151. The maximum atomic E-state index is 13.0. The van der Waals surface area contributed by atoms with Gasteiger partial charge in [-0.2, -0.15) is 0 Å². The first-order valence-corrected chi connectivity index (χ1v) is 10.8. The molecule has 30 heavy (non-hydrogen) atoms. The van der Waals surface area contributed by atoms with Gasteiger partial charge in [0, 0.05) is 12.5 Å². The first-order chi connectivity index (χ1) is 14.5. The first-order valence-electron chi connectivity index (χ1n) is 10.8. The van der Waals surface area contributed by atoms with Crippen LogP contribution in [0.4, 0.5) is 4.79 Å². The zero-order chi connectivity index (χ0) is 21.3. The molecule has 0 bridgehead atoms. The van der Waals surface area contributed by atoms with Crippen LogP contribution >= 0.6 is 0 Å².